The predicted octanol–water partition coefficient (Wildman–Crippen LogP) is 3.40. The van der Waals surface area contributed by atoms with Gasteiger partial charge < -0.3 is 14.6 Å². The molecule has 1 heterocycles. The summed E-state index contributed by atoms with van der Waals surface area (Å²) >= 11 is 0. The molecule has 0 radical (unpaired) electrons. The van der Waals surface area contributed by atoms with E-state index < -0.39 is 0 Å². The molecule has 0 saturated heterocycles. The summed E-state index contributed by atoms with van der Waals surface area (Å²) in [6.07, 6.45) is 1.27. The molecule has 6 nitrogen and oxygen atoms in total. The van der Waals surface area contributed by atoms with Crippen molar-refractivity contribution < 1.29 is 9.21 Å². The molecular formula is C17H16N4O2. The van der Waals surface area contributed by atoms with Gasteiger partial charge in [0.2, 0.25) is 12.3 Å². The Morgan fingerprint density at radius 3 is 2.74 bits per heavy atom. The Morgan fingerprint density at radius 2 is 2.00 bits per heavy atom. The van der Waals surface area contributed by atoms with Gasteiger partial charge in [-0.05, 0) is 23.8 Å². The van der Waals surface area contributed by atoms with Crippen LogP contribution in [0.1, 0.15) is 5.56 Å². The maximum Gasteiger partial charge on any atom is 0.321 e. The Kier molecular flexibility index (Phi) is 4.33. The van der Waals surface area contributed by atoms with Crippen LogP contribution in [0.5, 0.6) is 0 Å². The normalized spacial score (nSPS) is 10.3. The number of rotatable bonds is 4. The molecule has 0 unspecified atom stereocenters. The minimum absolute atomic E-state index is 0.184. The van der Waals surface area contributed by atoms with E-state index >= 15 is 0 Å². The third-order valence-corrected chi connectivity index (χ3v) is 3.33. The first kappa shape index (κ1) is 14.8. The van der Waals surface area contributed by atoms with Crippen molar-refractivity contribution in [2.45, 2.75) is 6.54 Å². The number of hydrogen-bond acceptors (Lipinski definition) is 4. The molecule has 6 heteroatoms. The predicted molar refractivity (Wildman–Crippen MR) is 86.7 cm³/mol. The fourth-order valence-corrected chi connectivity index (χ4v) is 2.18. The zero-order chi connectivity index (χ0) is 16.1. The van der Waals surface area contributed by atoms with Crippen LogP contribution in [0.2, 0.25) is 0 Å². The summed E-state index contributed by atoms with van der Waals surface area (Å²) in [5.74, 6) is 0.415. The molecule has 0 spiro atoms. The molecule has 1 aromatic heterocycles. The van der Waals surface area contributed by atoms with Crippen molar-refractivity contribution >= 4 is 11.7 Å². The number of carbonyl (C=O) groups is 1. The number of amides is 2. The molecule has 23 heavy (non-hydrogen) atoms. The van der Waals surface area contributed by atoms with Gasteiger partial charge in [-0.1, -0.05) is 36.4 Å². The second-order valence-corrected chi connectivity index (χ2v) is 5.10. The Balaban J connectivity index is 1.67. The summed E-state index contributed by atoms with van der Waals surface area (Å²) in [7, 11) is 1.75. The zero-order valence-electron chi connectivity index (χ0n) is 12.6. The Bertz CT molecular complexity index is 772. The molecule has 0 aliphatic heterocycles. The minimum atomic E-state index is -0.184. The van der Waals surface area contributed by atoms with Gasteiger partial charge in [-0.15, -0.1) is 10.2 Å². The van der Waals surface area contributed by atoms with Crippen LogP contribution in [-0.2, 0) is 6.54 Å². The molecule has 116 valence electrons. The first-order valence-corrected chi connectivity index (χ1v) is 7.15. The van der Waals surface area contributed by atoms with Crippen molar-refractivity contribution in [2.24, 2.45) is 0 Å². The van der Waals surface area contributed by atoms with E-state index in [0.29, 0.717) is 18.1 Å². The minimum Gasteiger partial charge on any atom is -0.423 e. The molecule has 3 rings (SSSR count). The number of hydrogen-bond donors (Lipinski definition) is 1. The third kappa shape index (κ3) is 3.74. The number of aromatic nitrogens is 2. The van der Waals surface area contributed by atoms with Gasteiger partial charge in [0.05, 0.1) is 0 Å². The van der Waals surface area contributed by atoms with Crippen molar-refractivity contribution in [3.8, 4) is 11.5 Å². The topological polar surface area (TPSA) is 71.3 Å². The fourth-order valence-electron chi connectivity index (χ4n) is 2.18. The summed E-state index contributed by atoms with van der Waals surface area (Å²) in [4.78, 5) is 13.9. The van der Waals surface area contributed by atoms with Crippen LogP contribution < -0.4 is 5.32 Å². The quantitative estimate of drug-likeness (QED) is 0.802. The van der Waals surface area contributed by atoms with Crippen LogP contribution in [0, 0.1) is 0 Å². The van der Waals surface area contributed by atoms with Crippen molar-refractivity contribution in [3.05, 3.63) is 66.6 Å². The first-order chi connectivity index (χ1) is 11.2. The average Bonchev–Trinajstić information content (AvgIpc) is 3.10. The van der Waals surface area contributed by atoms with Crippen molar-refractivity contribution in [3.63, 3.8) is 0 Å². The lowest BCUT2D eigenvalue weighted by Gasteiger charge is -2.18. The first-order valence-electron chi connectivity index (χ1n) is 7.15. The van der Waals surface area contributed by atoms with Crippen molar-refractivity contribution in [1.82, 2.24) is 15.1 Å². The van der Waals surface area contributed by atoms with Gasteiger partial charge in [-0.2, -0.15) is 0 Å². The fraction of sp³-hybridized carbons (Fsp3) is 0.118. The van der Waals surface area contributed by atoms with Gasteiger partial charge in [-0.3, -0.25) is 0 Å². The maximum absolute atomic E-state index is 12.3. The van der Waals surface area contributed by atoms with Gasteiger partial charge >= 0.3 is 6.03 Å². The van der Waals surface area contributed by atoms with E-state index in [0.717, 1.165) is 11.1 Å². The highest BCUT2D eigenvalue weighted by molar-refractivity contribution is 5.89. The highest BCUT2D eigenvalue weighted by atomic mass is 16.4. The highest BCUT2D eigenvalue weighted by Crippen LogP contribution is 2.20. The maximum atomic E-state index is 12.3. The largest absolute Gasteiger partial charge is 0.423 e. The molecule has 2 aromatic carbocycles. The summed E-state index contributed by atoms with van der Waals surface area (Å²) in [6, 6.07) is 16.9. The van der Waals surface area contributed by atoms with E-state index in [1.165, 1.54) is 6.39 Å². The van der Waals surface area contributed by atoms with E-state index in [-0.39, 0.29) is 6.03 Å². The molecule has 0 aliphatic carbocycles. The number of anilines is 1. The van der Waals surface area contributed by atoms with Crippen molar-refractivity contribution in [1.29, 1.82) is 0 Å². The van der Waals surface area contributed by atoms with Gasteiger partial charge in [0.15, 0.2) is 0 Å². The molecule has 0 saturated carbocycles. The lowest BCUT2D eigenvalue weighted by molar-refractivity contribution is 0.220. The third-order valence-electron chi connectivity index (χ3n) is 3.33. The van der Waals surface area contributed by atoms with E-state index in [2.05, 4.69) is 15.5 Å². The second kappa shape index (κ2) is 6.74. The van der Waals surface area contributed by atoms with Crippen LogP contribution in [0.25, 0.3) is 11.5 Å². The molecule has 0 atom stereocenters. The number of nitrogens with one attached hydrogen (secondary N) is 1. The lowest BCUT2D eigenvalue weighted by Crippen LogP contribution is -2.30. The molecule has 1 N–H and O–H groups in total. The van der Waals surface area contributed by atoms with Gasteiger partial charge in [0.25, 0.3) is 0 Å². The van der Waals surface area contributed by atoms with Gasteiger partial charge in [0, 0.05) is 24.8 Å². The Labute approximate surface area is 133 Å². The molecule has 0 bridgehead atoms. The van der Waals surface area contributed by atoms with Crippen LogP contribution in [0.15, 0.2) is 65.4 Å². The molecule has 2 amide bonds. The van der Waals surface area contributed by atoms with Gasteiger partial charge in [0.1, 0.15) is 0 Å². The van der Waals surface area contributed by atoms with Crippen LogP contribution in [-0.4, -0.2) is 28.2 Å². The summed E-state index contributed by atoms with van der Waals surface area (Å²) in [6.45, 7) is 0.538. The van der Waals surface area contributed by atoms with Crippen LogP contribution >= 0.6 is 0 Å². The number of benzene rings is 2. The highest BCUT2D eigenvalue weighted by Gasteiger charge is 2.10. The summed E-state index contributed by atoms with van der Waals surface area (Å²) in [5, 5.41) is 10.4. The SMILES string of the molecule is CN(Cc1ccccc1)C(=O)Nc1cccc(-c2nnco2)c1. The Morgan fingerprint density at radius 1 is 1.17 bits per heavy atom. The lowest BCUT2D eigenvalue weighted by atomic mass is 10.2. The summed E-state index contributed by atoms with van der Waals surface area (Å²) < 4.78 is 5.16. The standard InChI is InChI=1S/C17H16N4O2/c1-21(11-13-6-3-2-4-7-13)17(22)19-15-9-5-8-14(10-15)16-20-18-12-23-16/h2-10,12H,11H2,1H3,(H,19,22). The molecular weight excluding hydrogens is 292 g/mol. The molecule has 0 fully saturated rings. The Hall–Kier alpha value is -3.15. The van der Waals surface area contributed by atoms with Crippen molar-refractivity contribution in [2.75, 3.05) is 12.4 Å². The van der Waals surface area contributed by atoms with E-state index in [1.807, 2.05) is 48.5 Å². The zero-order valence-corrected chi connectivity index (χ0v) is 12.6. The average molecular weight is 308 g/mol. The number of nitrogens with zero attached hydrogens (tertiary/aromatic N) is 3. The number of carbonyl (C=O) groups excluding carboxylic acids is 1. The second-order valence-electron chi connectivity index (χ2n) is 5.10. The van der Waals surface area contributed by atoms with Crippen LogP contribution in [0.4, 0.5) is 10.5 Å². The van der Waals surface area contributed by atoms with E-state index in [1.54, 1.807) is 18.0 Å². The van der Waals surface area contributed by atoms with E-state index in [4.69, 9.17) is 4.42 Å². The van der Waals surface area contributed by atoms with Gasteiger partial charge in [-0.25, -0.2) is 4.79 Å². The molecule has 0 aliphatic rings. The summed E-state index contributed by atoms with van der Waals surface area (Å²) in [5.41, 5.74) is 2.50. The smallest absolute Gasteiger partial charge is 0.321 e. The molecule has 3 aromatic rings. The monoisotopic (exact) mass is 308 g/mol. The number of urea groups is 1. The van der Waals surface area contributed by atoms with E-state index in [9.17, 15) is 4.79 Å². The van der Waals surface area contributed by atoms with Crippen LogP contribution in [0.3, 0.4) is 0 Å².